The third kappa shape index (κ3) is 2.49. The van der Waals surface area contributed by atoms with E-state index in [0.717, 1.165) is 25.9 Å². The van der Waals surface area contributed by atoms with Crippen LogP contribution in [0.4, 0.5) is 0 Å². The van der Waals surface area contributed by atoms with Gasteiger partial charge >= 0.3 is 0 Å². The summed E-state index contributed by atoms with van der Waals surface area (Å²) in [6, 6.07) is 0.112. The number of hydrogen-bond donors (Lipinski definition) is 1. The van der Waals surface area contributed by atoms with Gasteiger partial charge in [0.2, 0.25) is 0 Å². The Morgan fingerprint density at radius 3 is 2.92 bits per heavy atom. The summed E-state index contributed by atoms with van der Waals surface area (Å²) < 4.78 is 2.09. The predicted molar refractivity (Wildman–Crippen MR) is 49.8 cm³/mol. The summed E-state index contributed by atoms with van der Waals surface area (Å²) in [6.07, 6.45) is 0.890. The Balaban J connectivity index is 2.44. The fraction of sp³-hybridized carbons (Fsp3) is 0.857. The summed E-state index contributed by atoms with van der Waals surface area (Å²) in [5, 5.41) is 9.01. The van der Waals surface area contributed by atoms with E-state index in [9.17, 15) is 4.79 Å². The monoisotopic (exact) mass is 190 g/mol. The summed E-state index contributed by atoms with van der Waals surface area (Å²) >= 11 is 0. The maximum absolute atomic E-state index is 10.3. The number of carbonyl (C=O) groups is 1. The van der Waals surface area contributed by atoms with Gasteiger partial charge in [0.1, 0.15) is 6.29 Å². The number of aldehydes is 1. The van der Waals surface area contributed by atoms with Gasteiger partial charge in [0.25, 0.3) is 0 Å². The molecule has 70 valence electrons. The highest BCUT2D eigenvalue weighted by molar-refractivity contribution is 7.13. The van der Waals surface area contributed by atoms with Crippen LogP contribution in [0.25, 0.3) is 0 Å². The number of aliphatic hydroxyl groups is 1. The lowest BCUT2D eigenvalue weighted by atomic mass is 10.2. The molecule has 1 fully saturated rings. The van der Waals surface area contributed by atoms with Crippen molar-refractivity contribution in [2.75, 3.05) is 32.8 Å². The first-order valence-corrected chi connectivity index (χ1v) is 4.57. The molecule has 0 amide bonds. The van der Waals surface area contributed by atoms with Crippen molar-refractivity contribution in [1.82, 2.24) is 9.57 Å². The summed E-state index contributed by atoms with van der Waals surface area (Å²) in [5.41, 5.74) is 0. The second kappa shape index (κ2) is 4.87. The highest BCUT2D eigenvalue weighted by atomic mass is 31.0. The number of hydrogen-bond acceptors (Lipinski definition) is 4. The lowest BCUT2D eigenvalue weighted by molar-refractivity contribution is -0.110. The minimum absolute atomic E-state index is 0.112. The van der Waals surface area contributed by atoms with Crippen LogP contribution < -0.4 is 0 Å². The Labute approximate surface area is 74.8 Å². The largest absolute Gasteiger partial charge is 0.395 e. The Morgan fingerprint density at radius 2 is 2.33 bits per heavy atom. The van der Waals surface area contributed by atoms with Gasteiger partial charge < -0.3 is 9.90 Å². The molecule has 0 bridgehead atoms. The molecule has 0 aromatic heterocycles. The van der Waals surface area contributed by atoms with Crippen LogP contribution in [-0.2, 0) is 4.79 Å². The van der Waals surface area contributed by atoms with Crippen molar-refractivity contribution in [3.8, 4) is 0 Å². The molecule has 1 saturated heterocycles. The molecule has 1 heterocycles. The van der Waals surface area contributed by atoms with Crippen molar-refractivity contribution < 1.29 is 9.90 Å². The highest BCUT2D eigenvalue weighted by Gasteiger charge is 2.23. The van der Waals surface area contributed by atoms with Crippen LogP contribution in [0.3, 0.4) is 0 Å². The lowest BCUT2D eigenvalue weighted by Crippen LogP contribution is -2.52. The molecule has 1 aliphatic rings. The maximum Gasteiger partial charge on any atom is 0.133 e. The third-order valence-corrected chi connectivity index (χ3v) is 2.62. The van der Waals surface area contributed by atoms with Gasteiger partial charge in [-0.3, -0.25) is 9.57 Å². The van der Waals surface area contributed by atoms with Crippen molar-refractivity contribution in [2.24, 2.45) is 0 Å². The Bertz CT molecular complexity index is 156. The van der Waals surface area contributed by atoms with Gasteiger partial charge in [0.15, 0.2) is 0 Å². The van der Waals surface area contributed by atoms with E-state index >= 15 is 0 Å². The second-order valence-corrected chi connectivity index (χ2v) is 3.72. The molecule has 2 unspecified atom stereocenters. The topological polar surface area (TPSA) is 43.8 Å². The van der Waals surface area contributed by atoms with E-state index in [1.54, 1.807) is 0 Å². The van der Waals surface area contributed by atoms with Crippen LogP contribution >= 0.6 is 9.39 Å². The zero-order valence-electron chi connectivity index (χ0n) is 7.02. The number of piperazine rings is 1. The molecule has 1 aliphatic heterocycles. The number of rotatable bonds is 3. The van der Waals surface area contributed by atoms with E-state index in [-0.39, 0.29) is 12.6 Å². The third-order valence-electron chi connectivity index (χ3n) is 2.16. The highest BCUT2D eigenvalue weighted by Crippen LogP contribution is 2.11. The average molecular weight is 190 g/mol. The summed E-state index contributed by atoms with van der Waals surface area (Å²) in [4.78, 5) is 12.3. The van der Waals surface area contributed by atoms with Gasteiger partial charge in [-0.05, 0) is 0 Å². The SMILES string of the molecule is O=CCN1CCN(P)CC1CO. The molecule has 0 aliphatic carbocycles. The zero-order chi connectivity index (χ0) is 8.97. The van der Waals surface area contributed by atoms with E-state index in [4.69, 9.17) is 5.11 Å². The Kier molecular flexibility index (Phi) is 4.09. The van der Waals surface area contributed by atoms with Crippen LogP contribution in [0, 0.1) is 0 Å². The first-order chi connectivity index (χ1) is 5.77. The average Bonchev–Trinajstić information content (AvgIpc) is 2.08. The summed E-state index contributed by atoms with van der Waals surface area (Å²) in [6.45, 7) is 3.17. The van der Waals surface area contributed by atoms with Crippen molar-refractivity contribution in [3.63, 3.8) is 0 Å². The first-order valence-electron chi connectivity index (χ1n) is 4.06. The number of nitrogens with zero attached hydrogens (tertiary/aromatic N) is 2. The molecule has 0 aromatic carbocycles. The van der Waals surface area contributed by atoms with Gasteiger partial charge in [-0.1, -0.05) is 9.39 Å². The van der Waals surface area contributed by atoms with Gasteiger partial charge in [-0.15, -0.1) is 0 Å². The van der Waals surface area contributed by atoms with Crippen molar-refractivity contribution in [3.05, 3.63) is 0 Å². The van der Waals surface area contributed by atoms with Gasteiger partial charge in [-0.25, -0.2) is 0 Å². The summed E-state index contributed by atoms with van der Waals surface area (Å²) in [5.74, 6) is 0. The van der Waals surface area contributed by atoms with Gasteiger partial charge in [-0.2, -0.15) is 0 Å². The molecule has 5 heteroatoms. The van der Waals surface area contributed by atoms with E-state index in [1.165, 1.54) is 0 Å². The normalized spacial score (nSPS) is 27.3. The Morgan fingerprint density at radius 1 is 1.58 bits per heavy atom. The molecule has 0 radical (unpaired) electrons. The minimum atomic E-state index is 0.112. The first kappa shape index (κ1) is 10.1. The lowest BCUT2D eigenvalue weighted by Gasteiger charge is -2.37. The molecule has 0 aromatic rings. The zero-order valence-corrected chi connectivity index (χ0v) is 8.17. The van der Waals surface area contributed by atoms with Crippen LogP contribution in [-0.4, -0.2) is 59.8 Å². The minimum Gasteiger partial charge on any atom is -0.395 e. The number of aliphatic hydroxyl groups excluding tert-OH is 1. The molecular formula is C7H15N2O2P. The Hall–Kier alpha value is -0.0200. The van der Waals surface area contributed by atoms with Crippen LogP contribution in [0.15, 0.2) is 0 Å². The fourth-order valence-electron chi connectivity index (χ4n) is 1.43. The van der Waals surface area contributed by atoms with E-state index in [1.807, 2.05) is 4.90 Å². The smallest absolute Gasteiger partial charge is 0.133 e. The number of carbonyl (C=O) groups excluding carboxylic acids is 1. The van der Waals surface area contributed by atoms with Gasteiger partial charge in [0, 0.05) is 25.7 Å². The predicted octanol–water partition coefficient (Wildman–Crippen LogP) is -1.05. The molecule has 4 nitrogen and oxygen atoms in total. The molecule has 1 N–H and O–H groups in total. The van der Waals surface area contributed by atoms with E-state index < -0.39 is 0 Å². The van der Waals surface area contributed by atoms with E-state index in [2.05, 4.69) is 14.1 Å². The van der Waals surface area contributed by atoms with Crippen LogP contribution in [0.2, 0.25) is 0 Å². The quantitative estimate of drug-likeness (QED) is 0.456. The van der Waals surface area contributed by atoms with Gasteiger partial charge in [0.05, 0.1) is 13.2 Å². The molecular weight excluding hydrogens is 175 g/mol. The molecule has 12 heavy (non-hydrogen) atoms. The fourth-order valence-corrected chi connectivity index (χ4v) is 1.79. The van der Waals surface area contributed by atoms with Crippen LogP contribution in [0.5, 0.6) is 0 Å². The summed E-state index contributed by atoms with van der Waals surface area (Å²) in [7, 11) is 2.62. The van der Waals surface area contributed by atoms with E-state index in [0.29, 0.717) is 6.54 Å². The maximum atomic E-state index is 10.3. The standard InChI is InChI=1S/C7H15N2O2P/c10-4-3-8-1-2-9(12)5-7(8)6-11/h4,7,11H,1-3,5-6,12H2. The molecule has 1 rings (SSSR count). The van der Waals surface area contributed by atoms with Crippen molar-refractivity contribution in [1.29, 1.82) is 0 Å². The second-order valence-electron chi connectivity index (χ2n) is 2.99. The van der Waals surface area contributed by atoms with Crippen LogP contribution in [0.1, 0.15) is 0 Å². The van der Waals surface area contributed by atoms with Crippen molar-refractivity contribution >= 4 is 15.7 Å². The van der Waals surface area contributed by atoms with Crippen molar-refractivity contribution in [2.45, 2.75) is 6.04 Å². The molecule has 2 atom stereocenters. The molecule has 0 spiro atoms. The molecule has 0 saturated carbocycles.